The summed E-state index contributed by atoms with van der Waals surface area (Å²) >= 11 is 0. The molecule has 0 aromatic heterocycles. The number of ether oxygens (including phenoxy) is 1. The molecule has 0 radical (unpaired) electrons. The molecule has 0 aromatic carbocycles. The molecule has 2 rings (SSSR count). The van der Waals surface area contributed by atoms with Crippen molar-refractivity contribution in [2.45, 2.75) is 25.3 Å². The van der Waals surface area contributed by atoms with Crippen LogP contribution in [0.5, 0.6) is 0 Å². The topological polar surface area (TPSA) is 75.6 Å². The van der Waals surface area contributed by atoms with Crippen molar-refractivity contribution in [2.75, 3.05) is 13.2 Å². The number of nitrogens with one attached hydrogen (secondary N) is 1. The van der Waals surface area contributed by atoms with E-state index in [1.54, 1.807) is 0 Å². The summed E-state index contributed by atoms with van der Waals surface area (Å²) in [6, 6.07) is -0.383. The molecule has 2 N–H and O–H groups in total. The number of hydrogen-bond donors (Lipinski definition) is 2. The van der Waals surface area contributed by atoms with E-state index in [2.05, 4.69) is 11.4 Å². The SMILES string of the molecule is O=C(NC1COCC1C(=O)O)C1CC=CCC1. The van der Waals surface area contributed by atoms with Gasteiger partial charge in [0.1, 0.15) is 5.92 Å². The summed E-state index contributed by atoms with van der Waals surface area (Å²) in [6.07, 6.45) is 6.59. The van der Waals surface area contributed by atoms with E-state index in [9.17, 15) is 9.59 Å². The van der Waals surface area contributed by atoms with Gasteiger partial charge in [-0.3, -0.25) is 9.59 Å². The number of carbonyl (C=O) groups is 2. The van der Waals surface area contributed by atoms with Crippen molar-refractivity contribution in [1.82, 2.24) is 5.32 Å². The second-order valence-electron chi connectivity index (χ2n) is 4.58. The van der Waals surface area contributed by atoms with Gasteiger partial charge < -0.3 is 15.2 Å². The minimum atomic E-state index is -0.906. The average Bonchev–Trinajstić information content (AvgIpc) is 2.78. The van der Waals surface area contributed by atoms with E-state index in [1.165, 1.54) is 0 Å². The first kappa shape index (κ1) is 12.1. The molecule has 1 amide bonds. The normalized spacial score (nSPS) is 32.4. The van der Waals surface area contributed by atoms with Crippen LogP contribution in [0.1, 0.15) is 19.3 Å². The molecule has 1 saturated heterocycles. The molecule has 0 bridgehead atoms. The maximum absolute atomic E-state index is 11.9. The highest BCUT2D eigenvalue weighted by molar-refractivity contribution is 5.80. The maximum atomic E-state index is 11.9. The lowest BCUT2D eigenvalue weighted by atomic mass is 9.93. The lowest BCUT2D eigenvalue weighted by Gasteiger charge is -2.21. The number of allylic oxidation sites excluding steroid dienone is 2. The van der Waals surface area contributed by atoms with Crippen molar-refractivity contribution >= 4 is 11.9 Å². The van der Waals surface area contributed by atoms with E-state index in [0.29, 0.717) is 6.61 Å². The van der Waals surface area contributed by atoms with Gasteiger partial charge in [-0.2, -0.15) is 0 Å². The summed E-state index contributed by atoms with van der Waals surface area (Å²) in [6.45, 7) is 0.482. The first-order chi connectivity index (χ1) is 8.18. The minimum absolute atomic E-state index is 0.0185. The highest BCUT2D eigenvalue weighted by atomic mass is 16.5. The fourth-order valence-corrected chi connectivity index (χ4v) is 2.27. The van der Waals surface area contributed by atoms with E-state index in [-0.39, 0.29) is 24.5 Å². The third-order valence-electron chi connectivity index (χ3n) is 3.37. The summed E-state index contributed by atoms with van der Waals surface area (Å²) < 4.78 is 5.11. The summed E-state index contributed by atoms with van der Waals surface area (Å²) in [4.78, 5) is 22.9. The Morgan fingerprint density at radius 3 is 2.76 bits per heavy atom. The lowest BCUT2D eigenvalue weighted by Crippen LogP contribution is -2.45. The van der Waals surface area contributed by atoms with Crippen LogP contribution in [0.25, 0.3) is 0 Å². The number of rotatable bonds is 3. The molecule has 17 heavy (non-hydrogen) atoms. The lowest BCUT2D eigenvalue weighted by molar-refractivity contribution is -0.142. The Morgan fingerprint density at radius 1 is 1.29 bits per heavy atom. The Labute approximate surface area is 99.8 Å². The van der Waals surface area contributed by atoms with Crippen molar-refractivity contribution in [2.24, 2.45) is 11.8 Å². The van der Waals surface area contributed by atoms with Crippen LogP contribution < -0.4 is 5.32 Å². The molecule has 0 aromatic rings. The second kappa shape index (κ2) is 5.31. The van der Waals surface area contributed by atoms with Crippen molar-refractivity contribution < 1.29 is 19.4 Å². The Morgan fingerprint density at radius 2 is 2.12 bits per heavy atom. The van der Waals surface area contributed by atoms with Crippen molar-refractivity contribution in [3.05, 3.63) is 12.2 Å². The maximum Gasteiger partial charge on any atom is 0.311 e. The predicted octanol–water partition coefficient (Wildman–Crippen LogP) is 0.558. The van der Waals surface area contributed by atoms with Crippen LogP contribution in [-0.2, 0) is 14.3 Å². The number of aliphatic carboxylic acids is 1. The van der Waals surface area contributed by atoms with Gasteiger partial charge in [0.25, 0.3) is 0 Å². The van der Waals surface area contributed by atoms with Crippen molar-refractivity contribution in [3.8, 4) is 0 Å². The van der Waals surface area contributed by atoms with Gasteiger partial charge >= 0.3 is 5.97 Å². The van der Waals surface area contributed by atoms with Gasteiger partial charge in [-0.05, 0) is 19.3 Å². The molecule has 1 aliphatic heterocycles. The minimum Gasteiger partial charge on any atom is -0.481 e. The quantitative estimate of drug-likeness (QED) is 0.705. The molecule has 1 aliphatic carbocycles. The molecular formula is C12H17NO4. The smallest absolute Gasteiger partial charge is 0.311 e. The van der Waals surface area contributed by atoms with Crippen LogP contribution in [0.4, 0.5) is 0 Å². The summed E-state index contributed by atoms with van der Waals surface area (Å²) in [7, 11) is 0. The monoisotopic (exact) mass is 239 g/mol. The highest BCUT2D eigenvalue weighted by Gasteiger charge is 2.36. The van der Waals surface area contributed by atoms with Gasteiger partial charge in [-0.15, -0.1) is 0 Å². The van der Waals surface area contributed by atoms with Gasteiger partial charge in [-0.25, -0.2) is 0 Å². The summed E-state index contributed by atoms with van der Waals surface area (Å²) in [5.41, 5.74) is 0. The fourth-order valence-electron chi connectivity index (χ4n) is 2.27. The summed E-state index contributed by atoms with van der Waals surface area (Å²) in [5.74, 6) is -1.58. The average molecular weight is 239 g/mol. The first-order valence-corrected chi connectivity index (χ1v) is 5.94. The Kier molecular flexibility index (Phi) is 3.78. The van der Waals surface area contributed by atoms with Gasteiger partial charge in [0.05, 0.1) is 19.3 Å². The van der Waals surface area contributed by atoms with Crippen LogP contribution in [-0.4, -0.2) is 36.2 Å². The molecule has 0 spiro atoms. The van der Waals surface area contributed by atoms with Crippen LogP contribution in [0.15, 0.2) is 12.2 Å². The number of hydrogen-bond acceptors (Lipinski definition) is 3. The standard InChI is InChI=1S/C12H17NO4/c14-11(8-4-2-1-3-5-8)13-10-7-17-6-9(10)12(15)16/h1-2,8-10H,3-7H2,(H,13,14)(H,15,16). The molecule has 94 valence electrons. The van der Waals surface area contributed by atoms with Gasteiger partial charge in [0.2, 0.25) is 5.91 Å². The molecule has 3 atom stereocenters. The largest absolute Gasteiger partial charge is 0.481 e. The van der Waals surface area contributed by atoms with E-state index in [4.69, 9.17) is 9.84 Å². The van der Waals surface area contributed by atoms with Crippen LogP contribution in [0, 0.1) is 11.8 Å². The number of carboxylic acid groups (broad SMARTS) is 1. The molecule has 0 saturated carbocycles. The van der Waals surface area contributed by atoms with Crippen LogP contribution in [0.3, 0.4) is 0 Å². The van der Waals surface area contributed by atoms with Crippen molar-refractivity contribution in [1.29, 1.82) is 0 Å². The Balaban J connectivity index is 1.89. The van der Waals surface area contributed by atoms with E-state index >= 15 is 0 Å². The molecule has 2 aliphatic rings. The molecule has 3 unspecified atom stereocenters. The molecule has 5 heteroatoms. The second-order valence-corrected chi connectivity index (χ2v) is 4.58. The zero-order valence-corrected chi connectivity index (χ0v) is 9.59. The third-order valence-corrected chi connectivity index (χ3v) is 3.37. The van der Waals surface area contributed by atoms with E-state index < -0.39 is 11.9 Å². The van der Waals surface area contributed by atoms with Crippen LogP contribution >= 0.6 is 0 Å². The first-order valence-electron chi connectivity index (χ1n) is 5.94. The fraction of sp³-hybridized carbons (Fsp3) is 0.667. The van der Waals surface area contributed by atoms with Gasteiger partial charge in [-0.1, -0.05) is 12.2 Å². The van der Waals surface area contributed by atoms with Gasteiger partial charge in [0, 0.05) is 5.92 Å². The highest BCUT2D eigenvalue weighted by Crippen LogP contribution is 2.20. The number of carbonyl (C=O) groups excluding carboxylic acids is 1. The van der Waals surface area contributed by atoms with E-state index in [1.807, 2.05) is 6.08 Å². The molecular weight excluding hydrogens is 222 g/mol. The Bertz CT molecular complexity index is 339. The molecule has 1 fully saturated rings. The van der Waals surface area contributed by atoms with E-state index in [0.717, 1.165) is 19.3 Å². The zero-order chi connectivity index (χ0) is 12.3. The number of carboxylic acids is 1. The van der Waals surface area contributed by atoms with Gasteiger partial charge in [0.15, 0.2) is 0 Å². The van der Waals surface area contributed by atoms with Crippen LogP contribution in [0.2, 0.25) is 0 Å². The third kappa shape index (κ3) is 2.85. The zero-order valence-electron chi connectivity index (χ0n) is 9.59. The van der Waals surface area contributed by atoms with Crippen molar-refractivity contribution in [3.63, 3.8) is 0 Å². The molecule has 1 heterocycles. The Hall–Kier alpha value is -1.36. The number of amides is 1. The molecule has 5 nitrogen and oxygen atoms in total. The summed E-state index contributed by atoms with van der Waals surface area (Å²) in [5, 5.41) is 11.8. The predicted molar refractivity (Wildman–Crippen MR) is 60.4 cm³/mol.